The number of nitrogens with zero attached hydrogens (tertiary/aromatic N) is 1. The van der Waals surface area contributed by atoms with Crippen molar-refractivity contribution in [2.75, 3.05) is 6.26 Å². The topological polar surface area (TPSA) is 50.9 Å². The molecule has 1 unspecified atom stereocenters. The zero-order valence-corrected chi connectivity index (χ0v) is 13.0. The van der Waals surface area contributed by atoms with Gasteiger partial charge >= 0.3 is 0 Å². The predicted octanol–water partition coefficient (Wildman–Crippen LogP) is 3.31. The highest BCUT2D eigenvalue weighted by molar-refractivity contribution is 9.10. The third-order valence-corrected chi connectivity index (χ3v) is 4.13. The summed E-state index contributed by atoms with van der Waals surface area (Å²) < 4.78 is 0.984. The quantitative estimate of drug-likeness (QED) is 0.499. The highest BCUT2D eigenvalue weighted by Gasteiger charge is 2.11. The predicted molar refractivity (Wildman–Crippen MR) is 83.9 cm³/mol. The molecule has 0 spiro atoms. The van der Waals surface area contributed by atoms with Crippen molar-refractivity contribution in [3.63, 3.8) is 0 Å². The normalized spacial score (nSPS) is 12.4. The molecule has 0 saturated carbocycles. The number of nitrogens with two attached hydrogens (primary N) is 1. The second-order valence-corrected chi connectivity index (χ2v) is 5.96. The molecule has 0 aliphatic heterocycles. The summed E-state index contributed by atoms with van der Waals surface area (Å²) >= 11 is 5.12. The third kappa shape index (κ3) is 4.04. The first-order valence-electron chi connectivity index (χ1n) is 5.93. The molecule has 0 bridgehead atoms. The van der Waals surface area contributed by atoms with Gasteiger partial charge in [0, 0.05) is 27.7 Å². The number of thioether (sulfide) groups is 1. The molecule has 5 heteroatoms. The van der Waals surface area contributed by atoms with Gasteiger partial charge in [-0.25, -0.2) is 0 Å². The van der Waals surface area contributed by atoms with Gasteiger partial charge in [-0.15, -0.1) is 11.8 Å². The maximum atomic E-state index is 5.66. The molecular formula is C14H16BrN3S. The van der Waals surface area contributed by atoms with Crippen molar-refractivity contribution < 1.29 is 0 Å². The van der Waals surface area contributed by atoms with E-state index >= 15 is 0 Å². The lowest BCUT2D eigenvalue weighted by Gasteiger charge is -2.16. The highest BCUT2D eigenvalue weighted by Crippen LogP contribution is 2.21. The Morgan fingerprint density at radius 2 is 2.00 bits per heavy atom. The third-order valence-electron chi connectivity index (χ3n) is 2.92. The van der Waals surface area contributed by atoms with E-state index in [1.807, 2.05) is 12.1 Å². The van der Waals surface area contributed by atoms with E-state index in [0.717, 1.165) is 16.6 Å². The van der Waals surface area contributed by atoms with Crippen molar-refractivity contribution in [3.8, 4) is 0 Å². The molecule has 1 atom stereocenters. The summed E-state index contributed by atoms with van der Waals surface area (Å²) in [5.74, 6) is 5.66. The van der Waals surface area contributed by atoms with Crippen molar-refractivity contribution in [1.29, 1.82) is 0 Å². The van der Waals surface area contributed by atoms with Crippen LogP contribution in [0.2, 0.25) is 0 Å². The van der Waals surface area contributed by atoms with E-state index in [1.54, 1.807) is 18.0 Å². The van der Waals surface area contributed by atoms with Crippen molar-refractivity contribution in [3.05, 3.63) is 58.3 Å². The number of hydrazine groups is 1. The van der Waals surface area contributed by atoms with Gasteiger partial charge in [-0.2, -0.15) is 0 Å². The molecule has 1 aromatic carbocycles. The van der Waals surface area contributed by atoms with Crippen LogP contribution in [0.1, 0.15) is 17.3 Å². The lowest BCUT2D eigenvalue weighted by Crippen LogP contribution is -2.29. The number of hydrogen-bond donors (Lipinski definition) is 2. The SMILES string of the molecule is CSc1ccc(C(Cc2ccc(Br)cn2)NN)cc1. The molecule has 1 heterocycles. The number of halogens is 1. The smallest absolute Gasteiger partial charge is 0.0515 e. The van der Waals surface area contributed by atoms with Crippen LogP contribution in [-0.2, 0) is 6.42 Å². The van der Waals surface area contributed by atoms with Gasteiger partial charge in [0.1, 0.15) is 0 Å². The largest absolute Gasteiger partial charge is 0.271 e. The number of rotatable bonds is 5. The summed E-state index contributed by atoms with van der Waals surface area (Å²) in [6.45, 7) is 0. The van der Waals surface area contributed by atoms with Gasteiger partial charge in [0.2, 0.25) is 0 Å². The van der Waals surface area contributed by atoms with E-state index in [1.165, 1.54) is 10.5 Å². The zero-order chi connectivity index (χ0) is 13.7. The molecule has 100 valence electrons. The van der Waals surface area contributed by atoms with Crippen LogP contribution in [-0.4, -0.2) is 11.2 Å². The van der Waals surface area contributed by atoms with E-state index in [9.17, 15) is 0 Å². The van der Waals surface area contributed by atoms with Gasteiger partial charge in [0.25, 0.3) is 0 Å². The standard InChI is InChI=1S/C14H16BrN3S/c1-19-13-6-2-10(3-7-13)14(18-16)8-12-5-4-11(15)9-17-12/h2-7,9,14,18H,8,16H2,1H3. The van der Waals surface area contributed by atoms with Gasteiger partial charge in [-0.3, -0.25) is 16.3 Å². The van der Waals surface area contributed by atoms with Crippen LogP contribution in [0.5, 0.6) is 0 Å². The zero-order valence-electron chi connectivity index (χ0n) is 10.6. The van der Waals surface area contributed by atoms with Crippen LogP contribution in [0.25, 0.3) is 0 Å². The number of pyridine rings is 1. The summed E-state index contributed by atoms with van der Waals surface area (Å²) in [5.41, 5.74) is 5.05. The number of benzene rings is 1. The Bertz CT molecular complexity index is 513. The second-order valence-electron chi connectivity index (χ2n) is 4.16. The molecule has 0 aliphatic carbocycles. The van der Waals surface area contributed by atoms with Gasteiger partial charge in [-0.1, -0.05) is 12.1 Å². The minimum absolute atomic E-state index is 0.0737. The maximum absolute atomic E-state index is 5.66. The molecule has 3 N–H and O–H groups in total. The summed E-state index contributed by atoms with van der Waals surface area (Å²) in [6.07, 6.45) is 4.64. The molecule has 2 rings (SSSR count). The van der Waals surface area contributed by atoms with E-state index < -0.39 is 0 Å². The van der Waals surface area contributed by atoms with Crippen LogP contribution >= 0.6 is 27.7 Å². The molecule has 19 heavy (non-hydrogen) atoms. The van der Waals surface area contributed by atoms with Crippen LogP contribution < -0.4 is 11.3 Å². The fraction of sp³-hybridized carbons (Fsp3) is 0.214. The molecule has 3 nitrogen and oxygen atoms in total. The van der Waals surface area contributed by atoms with E-state index in [0.29, 0.717) is 0 Å². The molecule has 0 fully saturated rings. The number of aromatic nitrogens is 1. The van der Waals surface area contributed by atoms with Gasteiger partial charge in [0.15, 0.2) is 0 Å². The maximum Gasteiger partial charge on any atom is 0.0515 e. The minimum Gasteiger partial charge on any atom is -0.271 e. The Balaban J connectivity index is 2.12. The average molecular weight is 338 g/mol. The Morgan fingerprint density at radius 3 is 2.53 bits per heavy atom. The Labute approximate surface area is 126 Å². The molecule has 0 saturated heterocycles. The summed E-state index contributed by atoms with van der Waals surface area (Å²) in [6, 6.07) is 12.5. The summed E-state index contributed by atoms with van der Waals surface area (Å²) in [5, 5.41) is 0. The monoisotopic (exact) mass is 337 g/mol. The first kappa shape index (κ1) is 14.5. The van der Waals surface area contributed by atoms with Gasteiger partial charge in [0.05, 0.1) is 6.04 Å². The highest BCUT2D eigenvalue weighted by atomic mass is 79.9. The Morgan fingerprint density at radius 1 is 1.26 bits per heavy atom. The van der Waals surface area contributed by atoms with Crippen LogP contribution in [0, 0.1) is 0 Å². The average Bonchev–Trinajstić information content (AvgIpc) is 2.47. The molecule has 1 aromatic heterocycles. The Kier molecular flexibility index (Phi) is 5.39. The van der Waals surface area contributed by atoms with Crippen molar-refractivity contribution in [1.82, 2.24) is 10.4 Å². The fourth-order valence-corrected chi connectivity index (χ4v) is 2.49. The molecule has 0 radical (unpaired) electrons. The van der Waals surface area contributed by atoms with Crippen LogP contribution in [0.4, 0.5) is 0 Å². The van der Waals surface area contributed by atoms with Crippen molar-refractivity contribution in [2.24, 2.45) is 5.84 Å². The minimum atomic E-state index is 0.0737. The van der Waals surface area contributed by atoms with Crippen LogP contribution in [0.15, 0.2) is 52.0 Å². The lowest BCUT2D eigenvalue weighted by molar-refractivity contribution is 0.545. The molecule has 2 aromatic rings. The van der Waals surface area contributed by atoms with Crippen LogP contribution in [0.3, 0.4) is 0 Å². The van der Waals surface area contributed by atoms with E-state index in [4.69, 9.17) is 5.84 Å². The van der Waals surface area contributed by atoms with Crippen molar-refractivity contribution >= 4 is 27.7 Å². The van der Waals surface area contributed by atoms with E-state index in [2.05, 4.69) is 56.9 Å². The molecule has 0 aliphatic rings. The number of hydrogen-bond acceptors (Lipinski definition) is 4. The first-order valence-corrected chi connectivity index (χ1v) is 7.95. The Hall–Kier alpha value is -0.880. The first-order chi connectivity index (χ1) is 9.22. The van der Waals surface area contributed by atoms with Crippen molar-refractivity contribution in [2.45, 2.75) is 17.4 Å². The fourth-order valence-electron chi connectivity index (χ4n) is 1.85. The van der Waals surface area contributed by atoms with Gasteiger partial charge in [-0.05, 0) is 52.0 Å². The molecule has 0 amide bonds. The van der Waals surface area contributed by atoms with Gasteiger partial charge < -0.3 is 0 Å². The summed E-state index contributed by atoms with van der Waals surface area (Å²) in [7, 11) is 0. The van der Waals surface area contributed by atoms with E-state index in [-0.39, 0.29) is 6.04 Å². The second kappa shape index (κ2) is 7.05. The molecular weight excluding hydrogens is 322 g/mol. The summed E-state index contributed by atoms with van der Waals surface area (Å²) in [4.78, 5) is 5.63. The number of nitrogens with one attached hydrogen (secondary N) is 1. The lowest BCUT2D eigenvalue weighted by atomic mass is 10.0.